The van der Waals surface area contributed by atoms with Crippen molar-refractivity contribution in [1.82, 2.24) is 4.72 Å². The van der Waals surface area contributed by atoms with Gasteiger partial charge in [0.15, 0.2) is 0 Å². The topological polar surface area (TPSA) is 52.9 Å². The molecule has 0 saturated carbocycles. The van der Waals surface area contributed by atoms with E-state index in [0.717, 1.165) is 0 Å². The first-order valence-corrected chi connectivity index (χ1v) is 4.41. The van der Waals surface area contributed by atoms with E-state index in [-0.39, 0.29) is 0 Å². The Balaban J connectivity index is 3.92. The number of hydrogen-bond acceptors (Lipinski definition) is 2. The molecule has 58 valence electrons. The summed E-state index contributed by atoms with van der Waals surface area (Å²) in [5.74, 6) is 0.533. The monoisotopic (exact) mass is 160 g/mol. The Morgan fingerprint density at radius 2 is 2.20 bits per heavy atom. The molecule has 0 saturated heterocycles. The number of nitriles is 1. The number of hydrogen-bond donors (Lipinski definition) is 1. The van der Waals surface area contributed by atoms with Crippen LogP contribution in [0.1, 0.15) is 20.8 Å². The second-order valence-electron chi connectivity index (χ2n) is 2.47. The van der Waals surface area contributed by atoms with Crippen LogP contribution in [0.15, 0.2) is 0 Å². The zero-order valence-electron chi connectivity index (χ0n) is 6.47. The number of rotatable bonds is 3. The Bertz CT molecular complexity index is 171. The van der Waals surface area contributed by atoms with Crippen LogP contribution in [0.2, 0.25) is 0 Å². The molecule has 0 fully saturated rings. The summed E-state index contributed by atoms with van der Waals surface area (Å²) in [5.41, 5.74) is -0.680. The van der Waals surface area contributed by atoms with Crippen LogP contribution in [0.3, 0.4) is 0 Å². The van der Waals surface area contributed by atoms with E-state index in [4.69, 9.17) is 5.26 Å². The quantitative estimate of drug-likeness (QED) is 0.656. The first-order chi connectivity index (χ1) is 4.52. The van der Waals surface area contributed by atoms with Crippen LogP contribution >= 0.6 is 0 Å². The van der Waals surface area contributed by atoms with Gasteiger partial charge in [0, 0.05) is 5.75 Å². The molecule has 0 bridgehead atoms. The van der Waals surface area contributed by atoms with Crippen molar-refractivity contribution in [2.45, 2.75) is 26.3 Å². The summed E-state index contributed by atoms with van der Waals surface area (Å²) in [7, 11) is -1.07. The maximum Gasteiger partial charge on any atom is 0.112 e. The van der Waals surface area contributed by atoms with E-state index in [0.29, 0.717) is 5.75 Å². The molecule has 0 radical (unpaired) electrons. The normalized spacial score (nSPS) is 14.2. The molecule has 0 aromatic carbocycles. The minimum atomic E-state index is -1.07. The molecule has 0 aromatic rings. The summed E-state index contributed by atoms with van der Waals surface area (Å²) in [6.07, 6.45) is 0. The molecule has 0 amide bonds. The van der Waals surface area contributed by atoms with Gasteiger partial charge >= 0.3 is 0 Å². The Morgan fingerprint density at radius 3 is 2.50 bits per heavy atom. The lowest BCUT2D eigenvalue weighted by molar-refractivity contribution is 0.589. The zero-order valence-corrected chi connectivity index (χ0v) is 7.29. The van der Waals surface area contributed by atoms with Gasteiger partial charge < -0.3 is 0 Å². The van der Waals surface area contributed by atoms with Gasteiger partial charge in [-0.3, -0.25) is 0 Å². The zero-order chi connectivity index (χ0) is 8.20. The van der Waals surface area contributed by atoms with Gasteiger partial charge in [0.2, 0.25) is 0 Å². The molecule has 0 aliphatic heterocycles. The molecule has 0 aromatic heterocycles. The van der Waals surface area contributed by atoms with Gasteiger partial charge in [0.1, 0.15) is 5.54 Å². The Hall–Kier alpha value is -0.400. The fourth-order valence-corrected chi connectivity index (χ4v) is 1.14. The summed E-state index contributed by atoms with van der Waals surface area (Å²) in [6.45, 7) is 5.19. The molecule has 1 unspecified atom stereocenters. The molecular weight excluding hydrogens is 148 g/mol. The van der Waals surface area contributed by atoms with E-state index in [1.165, 1.54) is 0 Å². The van der Waals surface area contributed by atoms with Crippen LogP contribution < -0.4 is 4.72 Å². The van der Waals surface area contributed by atoms with Crippen LogP contribution in [0.25, 0.3) is 0 Å². The Morgan fingerprint density at radius 1 is 1.70 bits per heavy atom. The van der Waals surface area contributed by atoms with E-state index in [1.807, 2.05) is 6.07 Å². The smallest absolute Gasteiger partial charge is 0.112 e. The lowest BCUT2D eigenvalue weighted by atomic mass is 10.1. The van der Waals surface area contributed by atoms with Gasteiger partial charge in [-0.05, 0) is 13.8 Å². The van der Waals surface area contributed by atoms with Gasteiger partial charge in [-0.1, -0.05) is 6.92 Å². The molecule has 0 heterocycles. The second-order valence-corrected chi connectivity index (χ2v) is 3.95. The van der Waals surface area contributed by atoms with Crippen molar-refractivity contribution in [3.05, 3.63) is 0 Å². The standard InChI is InChI=1S/C6H12N2OS/c1-4-10(9)8-6(2,3)5-7/h8H,4H2,1-3H3. The van der Waals surface area contributed by atoms with Gasteiger partial charge in [0.25, 0.3) is 0 Å². The predicted molar refractivity (Wildman–Crippen MR) is 41.5 cm³/mol. The summed E-state index contributed by atoms with van der Waals surface area (Å²) in [4.78, 5) is 0. The summed E-state index contributed by atoms with van der Waals surface area (Å²) in [6, 6.07) is 2.00. The van der Waals surface area contributed by atoms with Crippen molar-refractivity contribution >= 4 is 11.0 Å². The number of nitrogens with one attached hydrogen (secondary N) is 1. The first kappa shape index (κ1) is 9.60. The van der Waals surface area contributed by atoms with Crippen molar-refractivity contribution in [3.8, 4) is 6.07 Å². The number of nitrogens with zero attached hydrogens (tertiary/aromatic N) is 1. The molecule has 0 spiro atoms. The van der Waals surface area contributed by atoms with E-state index in [2.05, 4.69) is 4.72 Å². The predicted octanol–water partition coefficient (Wildman–Crippen LogP) is 0.562. The second kappa shape index (κ2) is 3.69. The van der Waals surface area contributed by atoms with Crippen LogP contribution in [-0.4, -0.2) is 15.5 Å². The van der Waals surface area contributed by atoms with E-state index in [1.54, 1.807) is 20.8 Å². The highest BCUT2D eigenvalue weighted by Gasteiger charge is 2.17. The van der Waals surface area contributed by atoms with Crippen LogP contribution in [-0.2, 0) is 11.0 Å². The average molecular weight is 160 g/mol. The molecule has 0 rings (SSSR count). The van der Waals surface area contributed by atoms with Crippen molar-refractivity contribution < 1.29 is 4.21 Å². The SMILES string of the molecule is CCS(=O)NC(C)(C)C#N. The largest absolute Gasteiger partial charge is 0.243 e. The van der Waals surface area contributed by atoms with E-state index < -0.39 is 16.5 Å². The fraction of sp³-hybridized carbons (Fsp3) is 0.833. The molecular formula is C6H12N2OS. The lowest BCUT2D eigenvalue weighted by Crippen LogP contribution is -2.39. The summed E-state index contributed by atoms with van der Waals surface area (Å²) in [5, 5.41) is 8.49. The third-order valence-electron chi connectivity index (χ3n) is 0.911. The highest BCUT2D eigenvalue weighted by molar-refractivity contribution is 7.83. The van der Waals surface area contributed by atoms with Gasteiger partial charge in [-0.2, -0.15) is 5.26 Å². The highest BCUT2D eigenvalue weighted by Crippen LogP contribution is 1.99. The molecule has 3 nitrogen and oxygen atoms in total. The first-order valence-electron chi connectivity index (χ1n) is 3.09. The van der Waals surface area contributed by atoms with Crippen LogP contribution in [0.4, 0.5) is 0 Å². The van der Waals surface area contributed by atoms with Gasteiger partial charge in [-0.25, -0.2) is 8.93 Å². The van der Waals surface area contributed by atoms with Gasteiger partial charge in [-0.15, -0.1) is 0 Å². The molecule has 0 aliphatic rings. The summed E-state index contributed by atoms with van der Waals surface area (Å²) < 4.78 is 13.5. The Kier molecular flexibility index (Phi) is 3.54. The molecule has 1 N–H and O–H groups in total. The third-order valence-corrected chi connectivity index (χ3v) is 2.17. The third kappa shape index (κ3) is 3.59. The van der Waals surface area contributed by atoms with Crippen molar-refractivity contribution in [2.75, 3.05) is 5.75 Å². The lowest BCUT2D eigenvalue weighted by Gasteiger charge is -2.15. The van der Waals surface area contributed by atoms with Crippen molar-refractivity contribution in [2.24, 2.45) is 0 Å². The van der Waals surface area contributed by atoms with Crippen molar-refractivity contribution in [3.63, 3.8) is 0 Å². The Labute approximate surface area is 64.0 Å². The van der Waals surface area contributed by atoms with Crippen LogP contribution in [0, 0.1) is 11.3 Å². The fourth-order valence-electron chi connectivity index (χ4n) is 0.380. The molecule has 1 atom stereocenters. The van der Waals surface area contributed by atoms with Crippen molar-refractivity contribution in [1.29, 1.82) is 5.26 Å². The maximum atomic E-state index is 10.8. The molecule has 10 heavy (non-hydrogen) atoms. The molecule has 4 heteroatoms. The molecule has 0 aliphatic carbocycles. The van der Waals surface area contributed by atoms with E-state index in [9.17, 15) is 4.21 Å². The van der Waals surface area contributed by atoms with Crippen LogP contribution in [0.5, 0.6) is 0 Å². The summed E-state index contributed by atoms with van der Waals surface area (Å²) >= 11 is 0. The van der Waals surface area contributed by atoms with Gasteiger partial charge in [0.05, 0.1) is 17.1 Å². The minimum Gasteiger partial charge on any atom is -0.243 e. The average Bonchev–Trinajstić information content (AvgIpc) is 1.87. The highest BCUT2D eigenvalue weighted by atomic mass is 32.2. The maximum absolute atomic E-state index is 10.8. The minimum absolute atomic E-state index is 0.533. The van der Waals surface area contributed by atoms with E-state index >= 15 is 0 Å².